The Bertz CT molecular complexity index is 1120. The van der Waals surface area contributed by atoms with E-state index in [0.29, 0.717) is 0 Å². The Morgan fingerprint density at radius 2 is 1.97 bits per heavy atom. The van der Waals surface area contributed by atoms with Crippen LogP contribution < -0.4 is 10.2 Å². The Balaban J connectivity index is 1.15. The number of aromatic nitrogens is 2. The zero-order valence-electron chi connectivity index (χ0n) is 20.3. The van der Waals surface area contributed by atoms with Crippen molar-refractivity contribution in [3.8, 4) is 10.6 Å². The lowest BCUT2D eigenvalue weighted by Crippen LogP contribution is -2.35. The Morgan fingerprint density at radius 1 is 1.14 bits per heavy atom. The van der Waals surface area contributed by atoms with E-state index in [1.165, 1.54) is 18.4 Å². The van der Waals surface area contributed by atoms with Crippen molar-refractivity contribution in [2.24, 2.45) is 5.92 Å². The average molecular weight is 492 g/mol. The van der Waals surface area contributed by atoms with Crippen LogP contribution >= 0.6 is 11.3 Å². The molecule has 2 aliphatic heterocycles. The van der Waals surface area contributed by atoms with Crippen LogP contribution in [0, 0.1) is 5.92 Å². The molecule has 1 amide bonds. The lowest BCUT2D eigenvalue weighted by atomic mass is 9.99. The number of ether oxygens (including phenoxy) is 1. The van der Waals surface area contributed by atoms with Crippen molar-refractivity contribution < 1.29 is 9.53 Å². The summed E-state index contributed by atoms with van der Waals surface area (Å²) in [5.74, 6) is 1.69. The molecule has 8 heteroatoms. The number of rotatable bonds is 7. The summed E-state index contributed by atoms with van der Waals surface area (Å²) in [7, 11) is 0. The summed E-state index contributed by atoms with van der Waals surface area (Å²) >= 11 is 1.58. The van der Waals surface area contributed by atoms with Crippen LogP contribution in [0.1, 0.15) is 31.0 Å². The molecule has 7 nitrogen and oxygen atoms in total. The van der Waals surface area contributed by atoms with E-state index < -0.39 is 0 Å². The fourth-order valence-corrected chi connectivity index (χ4v) is 5.41. The van der Waals surface area contributed by atoms with E-state index >= 15 is 0 Å². The summed E-state index contributed by atoms with van der Waals surface area (Å²) in [6, 6.07) is 12.5. The van der Waals surface area contributed by atoms with E-state index in [9.17, 15) is 4.79 Å². The molecular formula is C27H33N5O2S. The molecule has 2 saturated heterocycles. The number of thiazole rings is 1. The van der Waals surface area contributed by atoms with Gasteiger partial charge in [0.05, 0.1) is 37.2 Å². The van der Waals surface area contributed by atoms with Gasteiger partial charge in [-0.1, -0.05) is 25.1 Å². The normalized spacial score (nSPS) is 17.5. The van der Waals surface area contributed by atoms with Crippen LogP contribution in [0.15, 0.2) is 48.0 Å². The molecule has 0 atom stereocenters. The predicted molar refractivity (Wildman–Crippen MR) is 141 cm³/mol. The Morgan fingerprint density at radius 3 is 2.74 bits per heavy atom. The SMILES string of the molecule is CC1CCN(c2ccc(NC(=O)Cc3csc(-c4cccc(CN5CCOCC5)c4)n3)cn2)CC1. The minimum atomic E-state index is -0.0794. The molecule has 0 saturated carbocycles. The van der Waals surface area contributed by atoms with Gasteiger partial charge in [0.2, 0.25) is 5.91 Å². The molecule has 2 aliphatic rings. The van der Waals surface area contributed by atoms with Crippen molar-refractivity contribution in [3.05, 3.63) is 59.2 Å². The van der Waals surface area contributed by atoms with E-state index in [0.717, 1.165) is 79.6 Å². The molecule has 4 heterocycles. The lowest BCUT2D eigenvalue weighted by molar-refractivity contribution is -0.115. The standard InChI is InChI=1S/C27H33N5O2S/c1-20-7-9-32(10-8-20)25-6-5-23(17-28-25)29-26(33)16-24-19-35-27(30-24)22-4-2-3-21(15-22)18-31-11-13-34-14-12-31/h2-6,15,17,19-20H,7-14,16,18H2,1H3,(H,29,33). The molecule has 0 radical (unpaired) electrons. The van der Waals surface area contributed by atoms with Crippen LogP contribution in [-0.2, 0) is 22.5 Å². The van der Waals surface area contributed by atoms with E-state index in [1.807, 2.05) is 17.5 Å². The molecule has 5 rings (SSSR count). The number of hydrogen-bond acceptors (Lipinski definition) is 7. The van der Waals surface area contributed by atoms with Crippen molar-refractivity contribution >= 4 is 28.7 Å². The van der Waals surface area contributed by atoms with Crippen LogP contribution in [0.2, 0.25) is 0 Å². The number of amides is 1. The lowest BCUT2D eigenvalue weighted by Gasteiger charge is -2.31. The fraction of sp³-hybridized carbons (Fsp3) is 0.444. The molecule has 2 aromatic heterocycles. The van der Waals surface area contributed by atoms with Gasteiger partial charge in [-0.15, -0.1) is 11.3 Å². The Kier molecular flexibility index (Phi) is 7.71. The highest BCUT2D eigenvalue weighted by atomic mass is 32.1. The van der Waals surface area contributed by atoms with Gasteiger partial charge in [-0.3, -0.25) is 9.69 Å². The van der Waals surface area contributed by atoms with Gasteiger partial charge < -0.3 is 15.0 Å². The van der Waals surface area contributed by atoms with Gasteiger partial charge in [-0.25, -0.2) is 9.97 Å². The molecule has 0 aliphatic carbocycles. The van der Waals surface area contributed by atoms with Crippen molar-refractivity contribution in [2.45, 2.75) is 32.7 Å². The van der Waals surface area contributed by atoms with E-state index in [1.54, 1.807) is 17.5 Å². The quantitative estimate of drug-likeness (QED) is 0.526. The average Bonchev–Trinajstić information content (AvgIpc) is 3.34. The maximum Gasteiger partial charge on any atom is 0.230 e. The van der Waals surface area contributed by atoms with Crippen molar-refractivity contribution in [1.29, 1.82) is 0 Å². The summed E-state index contributed by atoms with van der Waals surface area (Å²) in [5, 5.41) is 5.88. The van der Waals surface area contributed by atoms with E-state index in [4.69, 9.17) is 9.72 Å². The molecule has 0 bridgehead atoms. The summed E-state index contributed by atoms with van der Waals surface area (Å²) in [5.41, 5.74) is 3.87. The number of anilines is 2. The molecule has 3 aromatic rings. The maximum atomic E-state index is 12.6. The predicted octanol–water partition coefficient (Wildman–Crippen LogP) is 4.45. The van der Waals surface area contributed by atoms with E-state index in [-0.39, 0.29) is 12.3 Å². The number of nitrogens with zero attached hydrogens (tertiary/aromatic N) is 4. The number of carbonyl (C=O) groups excluding carboxylic acids is 1. The summed E-state index contributed by atoms with van der Waals surface area (Å²) < 4.78 is 5.45. The Hall–Kier alpha value is -2.81. The maximum absolute atomic E-state index is 12.6. The number of benzene rings is 1. The number of carbonyl (C=O) groups is 1. The van der Waals surface area contributed by atoms with Crippen molar-refractivity contribution in [3.63, 3.8) is 0 Å². The molecule has 184 valence electrons. The fourth-order valence-electron chi connectivity index (χ4n) is 4.60. The zero-order valence-corrected chi connectivity index (χ0v) is 21.1. The number of pyridine rings is 1. The number of nitrogens with one attached hydrogen (secondary N) is 1. The van der Waals surface area contributed by atoms with Crippen LogP contribution in [0.4, 0.5) is 11.5 Å². The monoisotopic (exact) mass is 491 g/mol. The smallest absolute Gasteiger partial charge is 0.230 e. The van der Waals surface area contributed by atoms with Gasteiger partial charge in [0.25, 0.3) is 0 Å². The topological polar surface area (TPSA) is 70.6 Å². The third kappa shape index (κ3) is 6.45. The first-order valence-electron chi connectivity index (χ1n) is 12.5. The third-order valence-electron chi connectivity index (χ3n) is 6.72. The van der Waals surface area contributed by atoms with Gasteiger partial charge in [0, 0.05) is 43.7 Å². The van der Waals surface area contributed by atoms with Gasteiger partial charge in [-0.05, 0) is 42.5 Å². The second-order valence-corrected chi connectivity index (χ2v) is 10.4. The highest BCUT2D eigenvalue weighted by Crippen LogP contribution is 2.26. The van der Waals surface area contributed by atoms with E-state index in [2.05, 4.69) is 51.3 Å². The van der Waals surface area contributed by atoms with Crippen molar-refractivity contribution in [1.82, 2.24) is 14.9 Å². The highest BCUT2D eigenvalue weighted by molar-refractivity contribution is 7.13. The number of morpholine rings is 1. The van der Waals surface area contributed by atoms with Gasteiger partial charge in [-0.2, -0.15) is 0 Å². The first-order chi connectivity index (χ1) is 17.1. The molecule has 1 aromatic carbocycles. The van der Waals surface area contributed by atoms with Crippen LogP contribution in [-0.4, -0.2) is 60.2 Å². The molecular weight excluding hydrogens is 458 g/mol. The summed E-state index contributed by atoms with van der Waals surface area (Å²) in [6.07, 6.45) is 4.40. The van der Waals surface area contributed by atoms with Crippen LogP contribution in [0.3, 0.4) is 0 Å². The molecule has 35 heavy (non-hydrogen) atoms. The summed E-state index contributed by atoms with van der Waals surface area (Å²) in [4.78, 5) is 26.7. The highest BCUT2D eigenvalue weighted by Gasteiger charge is 2.17. The molecule has 0 spiro atoms. The third-order valence-corrected chi connectivity index (χ3v) is 7.66. The van der Waals surface area contributed by atoms with Gasteiger partial charge in [0.1, 0.15) is 10.8 Å². The first-order valence-corrected chi connectivity index (χ1v) is 13.3. The minimum Gasteiger partial charge on any atom is -0.379 e. The Labute approximate surface area is 211 Å². The summed E-state index contributed by atoms with van der Waals surface area (Å²) in [6.45, 7) is 8.85. The number of piperidine rings is 1. The van der Waals surface area contributed by atoms with Gasteiger partial charge in [0.15, 0.2) is 0 Å². The molecule has 1 N–H and O–H groups in total. The minimum absolute atomic E-state index is 0.0794. The molecule has 0 unspecified atom stereocenters. The first kappa shape index (κ1) is 23.9. The van der Waals surface area contributed by atoms with Crippen LogP contribution in [0.25, 0.3) is 10.6 Å². The van der Waals surface area contributed by atoms with Crippen molar-refractivity contribution in [2.75, 3.05) is 49.6 Å². The number of hydrogen-bond donors (Lipinski definition) is 1. The second-order valence-electron chi connectivity index (χ2n) is 9.53. The largest absolute Gasteiger partial charge is 0.379 e. The second kappa shape index (κ2) is 11.3. The van der Waals surface area contributed by atoms with Crippen LogP contribution in [0.5, 0.6) is 0 Å². The van der Waals surface area contributed by atoms with Gasteiger partial charge >= 0.3 is 0 Å². The zero-order chi connectivity index (χ0) is 24.0. The molecule has 2 fully saturated rings.